The van der Waals surface area contributed by atoms with Gasteiger partial charge in [-0.05, 0) is 0 Å². The van der Waals surface area contributed by atoms with E-state index in [-0.39, 0.29) is 11.0 Å². The first-order valence-electron chi connectivity index (χ1n) is 0.977. The van der Waals surface area contributed by atoms with Crippen molar-refractivity contribution in [3.63, 3.8) is 0 Å². The Bertz CT molecular complexity index is 96.7. The molecular weight excluding hydrogens is 113 g/mol. The van der Waals surface area contributed by atoms with E-state index < -0.39 is 8.12 Å². The van der Waals surface area contributed by atoms with E-state index in [1.165, 1.54) is 0 Å². The molecule has 0 aliphatic heterocycles. The fraction of sp³-hybridized carbons (Fsp3) is 0. The number of hydrogen-bond acceptors (Lipinski definition) is 2. The van der Waals surface area contributed by atoms with Crippen LogP contribution in [0.1, 0.15) is 0 Å². The molecule has 0 amide bonds. The van der Waals surface area contributed by atoms with Crippen molar-refractivity contribution in [3.8, 4) is 0 Å². The smallest absolute Gasteiger partial charge is 0 e. The van der Waals surface area contributed by atoms with Gasteiger partial charge in [-0.3, -0.25) is 0 Å². The molecule has 0 spiro atoms. The number of hydrogen-bond donors (Lipinski definition) is 1. The van der Waals surface area contributed by atoms with Crippen LogP contribution in [0.25, 0.3) is 0 Å². The molecule has 0 aromatic rings. The summed E-state index contributed by atoms with van der Waals surface area (Å²) in [6.07, 6.45) is 0. The van der Waals surface area contributed by atoms with Crippen molar-refractivity contribution in [2.24, 2.45) is 5.14 Å². The molecule has 6 heteroatoms. The van der Waals surface area contributed by atoms with E-state index in [0.717, 1.165) is 16.5 Å². The van der Waals surface area contributed by atoms with E-state index in [2.05, 4.69) is 5.14 Å². The van der Waals surface area contributed by atoms with Crippen LogP contribution in [-0.4, -0.2) is 35.9 Å². The maximum Gasteiger partial charge on any atom is 0 e. The topological polar surface area (TPSA) is 60.2 Å². The predicted molar refractivity (Wildman–Crippen MR) is 24.6 cm³/mol. The third-order valence-corrected chi connectivity index (χ3v) is 0. The summed E-state index contributed by atoms with van der Waals surface area (Å²) < 4.78 is 18.8. The first-order valence-corrected chi connectivity index (χ1v) is 2.93. The Labute approximate surface area is 49.5 Å². The second kappa shape index (κ2) is 2.83. The van der Waals surface area contributed by atoms with E-state index in [0.29, 0.717) is 0 Å². The molecule has 2 N–H and O–H groups in total. The van der Waals surface area contributed by atoms with Crippen LogP contribution < -0.4 is 5.14 Å². The van der Waals surface area contributed by atoms with Gasteiger partial charge in [0.25, 0.3) is 0 Å². The summed E-state index contributed by atoms with van der Waals surface area (Å²) in [7, 11) is -3.17. The van der Waals surface area contributed by atoms with Crippen LogP contribution in [0.3, 0.4) is 0 Å². The van der Waals surface area contributed by atoms with Crippen LogP contribution in [-0.2, 0) is 8.12 Å². The molecule has 0 atom stereocenters. The van der Waals surface area contributed by atoms with Gasteiger partial charge in [0.05, 0.1) is 0 Å². The summed E-state index contributed by atoms with van der Waals surface area (Å²) in [6, 6.07) is 0. The molecule has 0 aliphatic rings. The summed E-state index contributed by atoms with van der Waals surface area (Å²) in [5, 5.41) is 4.33. The van der Waals surface area contributed by atoms with Crippen LogP contribution in [0.5, 0.6) is 0 Å². The second-order valence-corrected chi connectivity index (χ2v) is 2.49. The summed E-state index contributed by atoms with van der Waals surface area (Å²) in [5.74, 6) is 0. The minimum absolute atomic E-state index is 0. The molecular formula is H2LiNO2SSi. The maximum absolute atomic E-state index is 9.41. The van der Waals surface area contributed by atoms with Gasteiger partial charge in [-0.25, -0.2) is 0 Å². The van der Waals surface area contributed by atoms with Crippen molar-refractivity contribution in [3.05, 3.63) is 0 Å². The summed E-state index contributed by atoms with van der Waals surface area (Å²) in [5.41, 5.74) is 0. The zero-order valence-electron chi connectivity index (χ0n) is 3.30. The molecule has 4 radical (unpaired) electrons. The average molecular weight is 115 g/mol. The van der Waals surface area contributed by atoms with Gasteiger partial charge in [0.15, 0.2) is 0 Å². The van der Waals surface area contributed by atoms with E-state index >= 15 is 0 Å². The van der Waals surface area contributed by atoms with Crippen LogP contribution >= 0.6 is 0 Å². The molecule has 0 unspecified atom stereocenters. The molecule has 0 bridgehead atoms. The van der Waals surface area contributed by atoms with Crippen LogP contribution in [0.2, 0.25) is 0 Å². The summed E-state index contributed by atoms with van der Waals surface area (Å²) in [6.45, 7) is 0. The largest absolute Gasteiger partial charge is 0 e. The van der Waals surface area contributed by atoms with E-state index in [1.54, 1.807) is 0 Å². The van der Waals surface area contributed by atoms with Crippen LogP contribution in [0.15, 0.2) is 0 Å². The Morgan fingerprint density at radius 2 is 1.50 bits per heavy atom. The Hall–Kier alpha value is 0.724. The van der Waals surface area contributed by atoms with Gasteiger partial charge in [-0.1, -0.05) is 0 Å². The van der Waals surface area contributed by atoms with Crippen molar-refractivity contribution in [1.82, 2.24) is 0 Å². The first kappa shape index (κ1) is 9.87. The average Bonchev–Trinajstić information content (AvgIpc) is 0.722. The molecule has 0 saturated carbocycles. The molecule has 0 heterocycles. The summed E-state index contributed by atoms with van der Waals surface area (Å²) >= 11 is 0.938. The monoisotopic (exact) mass is 115 g/mol. The van der Waals surface area contributed by atoms with Gasteiger partial charge >= 0.3 is 38.2 Å². The molecule has 0 aromatic carbocycles. The quantitative estimate of drug-likeness (QED) is 0.370. The molecule has 6 heavy (non-hydrogen) atoms. The minimum Gasteiger partial charge on any atom is 0 e. The molecule has 0 aliphatic carbocycles. The van der Waals surface area contributed by atoms with Crippen molar-refractivity contribution >= 4 is 35.6 Å². The Balaban J connectivity index is 0. The van der Waals surface area contributed by atoms with Gasteiger partial charge in [0.2, 0.25) is 0 Å². The van der Waals surface area contributed by atoms with Gasteiger partial charge in [-0.15, -0.1) is 0 Å². The SMILES string of the molecule is [Li][S](N)(=O)=O.[Si]. The maximum atomic E-state index is 9.41. The normalized spacial score (nSPS) is 9.83. The van der Waals surface area contributed by atoms with E-state index in [1.807, 2.05) is 0 Å². The molecule has 0 aromatic heterocycles. The fourth-order valence-corrected chi connectivity index (χ4v) is 0. The zero-order valence-corrected chi connectivity index (χ0v) is 5.12. The fourth-order valence-electron chi connectivity index (χ4n) is 0. The molecule has 0 fully saturated rings. The number of nitrogens with two attached hydrogens (primary N) is 1. The number of rotatable bonds is 0. The molecule has 0 saturated heterocycles. The van der Waals surface area contributed by atoms with E-state index in [9.17, 15) is 8.42 Å². The van der Waals surface area contributed by atoms with Crippen molar-refractivity contribution in [1.29, 1.82) is 0 Å². The second-order valence-electron chi connectivity index (χ2n) is 0.830. The van der Waals surface area contributed by atoms with Crippen molar-refractivity contribution in [2.75, 3.05) is 0 Å². The summed E-state index contributed by atoms with van der Waals surface area (Å²) in [4.78, 5) is 0. The molecule has 30 valence electrons. The van der Waals surface area contributed by atoms with Crippen molar-refractivity contribution in [2.45, 2.75) is 0 Å². The van der Waals surface area contributed by atoms with Gasteiger partial charge < -0.3 is 0 Å². The first-order chi connectivity index (χ1) is 2.00. The standard InChI is InChI=1S/Li.H2NO2S.Si/c;1-4(2)3;/h;(H2,1,2,3);. The van der Waals surface area contributed by atoms with Gasteiger partial charge in [-0.2, -0.15) is 0 Å². The van der Waals surface area contributed by atoms with Crippen LogP contribution in [0.4, 0.5) is 0 Å². The Morgan fingerprint density at radius 3 is 1.50 bits per heavy atom. The molecule has 0 rings (SSSR count). The minimum atomic E-state index is -3.17. The van der Waals surface area contributed by atoms with Gasteiger partial charge in [0.1, 0.15) is 0 Å². The van der Waals surface area contributed by atoms with Gasteiger partial charge in [0, 0.05) is 11.0 Å². The Morgan fingerprint density at radius 1 is 1.50 bits per heavy atom. The van der Waals surface area contributed by atoms with Crippen molar-refractivity contribution < 1.29 is 8.42 Å². The third-order valence-electron chi connectivity index (χ3n) is 0. The zero-order chi connectivity index (χ0) is 4.50. The predicted octanol–water partition coefficient (Wildman–Crippen LogP) is -2.02. The molecule has 3 nitrogen and oxygen atoms in total. The van der Waals surface area contributed by atoms with Crippen LogP contribution in [0, 0.1) is 0 Å². The Kier molecular flexibility index (Phi) is 4.65. The third kappa shape index (κ3) is 125. The van der Waals surface area contributed by atoms with E-state index in [4.69, 9.17) is 0 Å².